The second-order valence-corrected chi connectivity index (χ2v) is 14.1. The van der Waals surface area contributed by atoms with Crippen molar-refractivity contribution in [3.05, 3.63) is 174 Å². The van der Waals surface area contributed by atoms with E-state index in [9.17, 15) is 0 Å². The van der Waals surface area contributed by atoms with Crippen molar-refractivity contribution in [1.29, 1.82) is 0 Å². The van der Waals surface area contributed by atoms with Crippen molar-refractivity contribution in [3.8, 4) is 0 Å². The molecule has 0 amide bonds. The number of allylic oxidation sites excluding steroid dienone is 1. The van der Waals surface area contributed by atoms with Crippen LogP contribution in [0.3, 0.4) is 0 Å². The van der Waals surface area contributed by atoms with Crippen LogP contribution >= 0.6 is 0 Å². The Labute approximate surface area is 523 Å². The molecule has 4 aliphatic rings. The quantitative estimate of drug-likeness (QED) is 0.151. The van der Waals surface area contributed by atoms with Crippen LogP contribution in [0.5, 0.6) is 0 Å². The summed E-state index contributed by atoms with van der Waals surface area (Å²) in [6.45, 7) is 63.4. The van der Waals surface area contributed by atoms with E-state index in [1.54, 1.807) is 0 Å². The Bertz CT molecular complexity index is 2130. The zero-order valence-corrected chi connectivity index (χ0v) is 62.2. The van der Waals surface area contributed by atoms with E-state index < -0.39 is 0 Å². The highest BCUT2D eigenvalue weighted by Crippen LogP contribution is 2.27. The van der Waals surface area contributed by atoms with Gasteiger partial charge in [0.2, 0.25) is 0 Å². The molecule has 5 nitrogen and oxygen atoms in total. The zero-order valence-electron chi connectivity index (χ0n) is 62.2. The van der Waals surface area contributed by atoms with Crippen LogP contribution in [-0.4, -0.2) is 52.4 Å². The number of hydrogen-bond donors (Lipinski definition) is 0. The van der Waals surface area contributed by atoms with E-state index in [0.29, 0.717) is 0 Å². The molecule has 0 aliphatic carbocycles. The van der Waals surface area contributed by atoms with Crippen LogP contribution in [0.4, 0.5) is 22.7 Å². The Balaban J connectivity index is -0.0000000900. The monoisotopic (exact) mass is 1150 g/mol. The third-order valence-corrected chi connectivity index (χ3v) is 10.3. The van der Waals surface area contributed by atoms with Gasteiger partial charge in [-0.1, -0.05) is 317 Å². The van der Waals surface area contributed by atoms with Gasteiger partial charge in [-0.2, -0.15) is 0 Å². The van der Waals surface area contributed by atoms with Crippen LogP contribution in [0, 0.1) is 0 Å². The maximum atomic E-state index is 2.33. The lowest BCUT2D eigenvalue weighted by molar-refractivity contribution is 0.744. The molecule has 6 aromatic rings. The van der Waals surface area contributed by atoms with E-state index in [1.165, 1.54) is 88.3 Å². The molecule has 0 unspecified atom stereocenters. The molecule has 482 valence electrons. The molecule has 4 aliphatic heterocycles. The number of aromatic nitrogens is 1. The summed E-state index contributed by atoms with van der Waals surface area (Å²) in [5, 5.41) is 1.31. The number of anilines is 4. The topological polar surface area (TPSA) is 17.9 Å². The Kier molecular flexibility index (Phi) is 99.1. The summed E-state index contributed by atoms with van der Waals surface area (Å²) >= 11 is 0. The fourth-order valence-corrected chi connectivity index (χ4v) is 7.30. The molecular weight excluding hydrogens is 1010 g/mol. The average molecular weight is 1150 g/mol. The largest absolute Gasteiger partial charge is 0.374 e. The molecule has 10 rings (SSSR count). The van der Waals surface area contributed by atoms with E-state index in [2.05, 4.69) is 217 Å². The number of aryl methyl sites for hydroxylation is 2. The zero-order chi connectivity index (χ0) is 67.0. The van der Waals surface area contributed by atoms with Gasteiger partial charge in [0.15, 0.2) is 0 Å². The first kappa shape index (κ1) is 99.4. The minimum atomic E-state index is 1.02. The standard InChI is InChI=1S/C10H13N.2C10H11N.C9H11N.C9H9N.15C2H6/c3*1-11-8-4-6-9-5-2-3-7-10(9)11;2*1-10-7-6-8-4-2-3-5-9(8)10;15*1-2/h2-3,5,7H,4,6,8H2,1H3;2-5,7-8H,6H2,1H3;2-7H,8H2,1H3;2-5H,6-7H2,1H3;2-7H,1H3;15*1-2H3. The second-order valence-electron chi connectivity index (χ2n) is 14.1. The molecule has 0 spiro atoms. The minimum Gasteiger partial charge on any atom is -0.374 e. The summed E-state index contributed by atoms with van der Waals surface area (Å²) < 4.78 is 2.12. The van der Waals surface area contributed by atoms with Gasteiger partial charge < -0.3 is 24.2 Å². The third-order valence-electron chi connectivity index (χ3n) is 10.3. The van der Waals surface area contributed by atoms with Crippen molar-refractivity contribution < 1.29 is 0 Å². The first-order valence-corrected chi connectivity index (χ1v) is 33.9. The fraction of sp³-hybridized carbons (Fsp3) is 0.538. The van der Waals surface area contributed by atoms with Crippen LogP contribution in [0.15, 0.2) is 152 Å². The van der Waals surface area contributed by atoms with Crippen LogP contribution in [-0.2, 0) is 26.3 Å². The van der Waals surface area contributed by atoms with E-state index >= 15 is 0 Å². The van der Waals surface area contributed by atoms with Gasteiger partial charge >= 0.3 is 0 Å². The van der Waals surface area contributed by atoms with Crippen molar-refractivity contribution in [3.63, 3.8) is 0 Å². The van der Waals surface area contributed by atoms with Crippen molar-refractivity contribution in [1.82, 2.24) is 4.57 Å². The van der Waals surface area contributed by atoms with Gasteiger partial charge in [-0.25, -0.2) is 0 Å². The van der Waals surface area contributed by atoms with E-state index in [-0.39, 0.29) is 0 Å². The lowest BCUT2D eigenvalue weighted by Gasteiger charge is -2.26. The SMILES string of the molecule is CC.CC.CC.CC.CC.CC.CC.CC.CC.CC.CC.CC.CC.CC.CC.CN1C=CCc2ccccc21.CN1CC=Cc2ccccc21.CN1CCCc2ccccc21.CN1CCc2ccccc21.Cn1ccc2ccccc21. The van der Waals surface area contributed by atoms with Crippen LogP contribution in [0.2, 0.25) is 0 Å². The van der Waals surface area contributed by atoms with Crippen LogP contribution in [0.1, 0.15) is 236 Å². The average Bonchev–Trinajstić information content (AvgIpc) is 4.20. The molecule has 0 saturated carbocycles. The van der Waals surface area contributed by atoms with Gasteiger partial charge in [-0.15, -0.1) is 0 Å². The molecule has 5 heteroatoms. The summed E-state index contributed by atoms with van der Waals surface area (Å²) in [7, 11) is 10.6. The summed E-state index contributed by atoms with van der Waals surface area (Å²) in [6, 6.07) is 44.7. The smallest absolute Gasteiger partial charge is 0.0477 e. The van der Waals surface area contributed by atoms with Crippen molar-refractivity contribution in [2.24, 2.45) is 7.05 Å². The van der Waals surface area contributed by atoms with E-state index in [1.807, 2.05) is 208 Å². The minimum absolute atomic E-state index is 1.02. The summed E-state index contributed by atoms with van der Waals surface area (Å²) in [5.74, 6) is 0. The highest BCUT2D eigenvalue weighted by Gasteiger charge is 2.13. The highest BCUT2D eigenvalue weighted by atomic mass is 15.1. The first-order valence-electron chi connectivity index (χ1n) is 33.9. The number of hydrogen-bond acceptors (Lipinski definition) is 4. The molecule has 83 heavy (non-hydrogen) atoms. The van der Waals surface area contributed by atoms with E-state index in [4.69, 9.17) is 0 Å². The molecule has 0 fully saturated rings. The summed E-state index contributed by atoms with van der Waals surface area (Å²) in [6.07, 6.45) is 15.6. The second kappa shape index (κ2) is 82.8. The number of nitrogens with zero attached hydrogens (tertiary/aromatic N) is 5. The van der Waals surface area contributed by atoms with Crippen molar-refractivity contribution in [2.75, 3.05) is 67.4 Å². The lowest BCUT2D eigenvalue weighted by atomic mass is 10.0. The molecule has 1 aromatic heterocycles. The van der Waals surface area contributed by atoms with Gasteiger partial charge in [0, 0.05) is 95.5 Å². The fourth-order valence-electron chi connectivity index (χ4n) is 7.30. The molecule has 0 saturated heterocycles. The number of likely N-dealkylation sites (N-methyl/N-ethyl adjacent to an activating group) is 2. The Morgan fingerprint density at radius 1 is 0.313 bits per heavy atom. The third kappa shape index (κ3) is 44.5. The molecule has 0 atom stereocenters. The Hall–Kier alpha value is -5.68. The maximum Gasteiger partial charge on any atom is 0.0477 e. The normalized spacial score (nSPS) is 10.3. The highest BCUT2D eigenvalue weighted by molar-refractivity contribution is 5.79. The Morgan fingerprint density at radius 3 is 1.12 bits per heavy atom. The van der Waals surface area contributed by atoms with Gasteiger partial charge in [0.1, 0.15) is 0 Å². The number of benzene rings is 5. The molecule has 0 radical (unpaired) electrons. The number of para-hydroxylation sites is 5. The van der Waals surface area contributed by atoms with Crippen molar-refractivity contribution in [2.45, 2.75) is 233 Å². The van der Waals surface area contributed by atoms with Gasteiger partial charge in [0.05, 0.1) is 0 Å². The molecule has 5 aromatic carbocycles. The van der Waals surface area contributed by atoms with Crippen LogP contribution in [0.25, 0.3) is 17.0 Å². The predicted molar refractivity (Wildman–Crippen MR) is 401 cm³/mol. The first-order chi connectivity index (χ1) is 40.9. The summed E-state index contributed by atoms with van der Waals surface area (Å²) in [4.78, 5) is 9.03. The number of fused-ring (bicyclic) bond motifs is 5. The van der Waals surface area contributed by atoms with Gasteiger partial charge in [-0.3, -0.25) is 0 Å². The Morgan fingerprint density at radius 2 is 0.687 bits per heavy atom. The molecule has 0 N–H and O–H groups in total. The van der Waals surface area contributed by atoms with E-state index in [0.717, 1.165) is 13.0 Å². The molecule has 5 heterocycles. The molecule has 0 bridgehead atoms. The predicted octanol–water partition coefficient (Wildman–Crippen LogP) is 25.7. The van der Waals surface area contributed by atoms with Gasteiger partial charge in [-0.05, 0) is 89.7 Å². The van der Waals surface area contributed by atoms with Crippen LogP contribution < -0.4 is 19.6 Å². The van der Waals surface area contributed by atoms with Crippen molar-refractivity contribution >= 4 is 39.7 Å². The number of rotatable bonds is 0. The summed E-state index contributed by atoms with van der Waals surface area (Å²) in [5.41, 5.74) is 12.5. The molecular formula is C78H145N5. The van der Waals surface area contributed by atoms with Gasteiger partial charge in [0.25, 0.3) is 0 Å². The maximum absolute atomic E-state index is 2.33. The lowest BCUT2D eigenvalue weighted by Crippen LogP contribution is -2.24.